The van der Waals surface area contributed by atoms with E-state index in [-0.39, 0.29) is 0 Å². The van der Waals surface area contributed by atoms with E-state index in [2.05, 4.69) is 37.8 Å². The molecule has 1 atom stereocenters. The van der Waals surface area contributed by atoms with Gasteiger partial charge in [-0.3, -0.25) is 4.79 Å². The van der Waals surface area contributed by atoms with Crippen molar-refractivity contribution in [1.82, 2.24) is 4.98 Å². The first-order valence-electron chi connectivity index (χ1n) is 6.99. The molecule has 0 aliphatic carbocycles. The van der Waals surface area contributed by atoms with Gasteiger partial charge in [-0.2, -0.15) is 0 Å². The van der Waals surface area contributed by atoms with Crippen molar-refractivity contribution in [2.45, 2.75) is 33.1 Å². The molecule has 20 heavy (non-hydrogen) atoms. The summed E-state index contributed by atoms with van der Waals surface area (Å²) in [6.45, 7) is 7.16. The second kappa shape index (κ2) is 6.66. The second-order valence-corrected chi connectivity index (χ2v) is 5.76. The number of hydrogen-bond donors (Lipinski definition) is 0. The fourth-order valence-electron chi connectivity index (χ4n) is 2.11. The van der Waals surface area contributed by atoms with Gasteiger partial charge in [-0.15, -0.1) is 0 Å². The Labute approximate surface area is 124 Å². The second-order valence-electron chi connectivity index (χ2n) is 4.75. The SMILES string of the molecule is CCC(C)c1nc(N(CC)c2ccccc2)sc1C=O. The molecule has 0 fully saturated rings. The van der Waals surface area contributed by atoms with E-state index in [0.29, 0.717) is 5.92 Å². The molecule has 1 aromatic carbocycles. The summed E-state index contributed by atoms with van der Waals surface area (Å²) in [5.41, 5.74) is 2.04. The first-order valence-corrected chi connectivity index (χ1v) is 7.81. The maximum absolute atomic E-state index is 11.3. The molecule has 3 nitrogen and oxygen atoms in total. The van der Waals surface area contributed by atoms with Gasteiger partial charge in [0, 0.05) is 12.2 Å². The molecule has 0 saturated carbocycles. The van der Waals surface area contributed by atoms with Crippen LogP contribution in [0, 0.1) is 0 Å². The molecule has 0 aliphatic heterocycles. The summed E-state index contributed by atoms with van der Waals surface area (Å²) in [5.74, 6) is 0.315. The van der Waals surface area contributed by atoms with Crippen LogP contribution in [-0.2, 0) is 0 Å². The van der Waals surface area contributed by atoms with Crippen LogP contribution < -0.4 is 4.90 Å². The highest BCUT2D eigenvalue weighted by Crippen LogP contribution is 2.34. The summed E-state index contributed by atoms with van der Waals surface area (Å²) < 4.78 is 0. The number of aldehydes is 1. The number of nitrogens with zero attached hydrogens (tertiary/aromatic N) is 2. The van der Waals surface area contributed by atoms with Crippen molar-refractivity contribution in [2.75, 3.05) is 11.4 Å². The highest BCUT2D eigenvalue weighted by Gasteiger charge is 2.19. The van der Waals surface area contributed by atoms with Gasteiger partial charge >= 0.3 is 0 Å². The molecule has 0 N–H and O–H groups in total. The van der Waals surface area contributed by atoms with Crippen LogP contribution in [0.1, 0.15) is 48.5 Å². The highest BCUT2D eigenvalue weighted by atomic mass is 32.1. The molecule has 0 spiro atoms. The van der Waals surface area contributed by atoms with Crippen molar-refractivity contribution in [2.24, 2.45) is 0 Å². The quantitative estimate of drug-likeness (QED) is 0.727. The number of carbonyl (C=O) groups excluding carboxylic acids is 1. The summed E-state index contributed by atoms with van der Waals surface area (Å²) in [7, 11) is 0. The lowest BCUT2D eigenvalue weighted by Gasteiger charge is -2.19. The van der Waals surface area contributed by atoms with Crippen molar-refractivity contribution in [3.63, 3.8) is 0 Å². The van der Waals surface area contributed by atoms with Gasteiger partial charge in [0.2, 0.25) is 0 Å². The molecule has 0 aliphatic rings. The maximum atomic E-state index is 11.3. The Morgan fingerprint density at radius 3 is 2.55 bits per heavy atom. The van der Waals surface area contributed by atoms with Gasteiger partial charge < -0.3 is 4.90 Å². The van der Waals surface area contributed by atoms with Gasteiger partial charge in [-0.1, -0.05) is 43.4 Å². The largest absolute Gasteiger partial charge is 0.318 e. The Morgan fingerprint density at radius 1 is 1.30 bits per heavy atom. The predicted octanol–water partition coefficient (Wildman–Crippen LogP) is 4.63. The zero-order valence-corrected chi connectivity index (χ0v) is 13.0. The van der Waals surface area contributed by atoms with Crippen molar-refractivity contribution < 1.29 is 4.79 Å². The fraction of sp³-hybridized carbons (Fsp3) is 0.375. The number of hydrogen-bond acceptors (Lipinski definition) is 4. The molecular formula is C16H20N2OS. The van der Waals surface area contributed by atoms with Crippen molar-refractivity contribution >= 4 is 28.4 Å². The standard InChI is InChI=1S/C16H20N2OS/c1-4-12(3)15-14(11-19)20-16(17-15)18(5-2)13-9-7-6-8-10-13/h6-12H,4-5H2,1-3H3. The van der Waals surface area contributed by atoms with E-state index >= 15 is 0 Å². The van der Waals surface area contributed by atoms with Crippen molar-refractivity contribution in [3.05, 3.63) is 40.9 Å². The zero-order valence-electron chi connectivity index (χ0n) is 12.2. The van der Waals surface area contributed by atoms with Crippen LogP contribution in [0.25, 0.3) is 0 Å². The molecule has 0 saturated heterocycles. The highest BCUT2D eigenvalue weighted by molar-refractivity contribution is 7.17. The van der Waals surface area contributed by atoms with E-state index in [1.54, 1.807) is 0 Å². The lowest BCUT2D eigenvalue weighted by atomic mass is 10.0. The Balaban J connectivity index is 2.41. The predicted molar refractivity (Wildman–Crippen MR) is 85.3 cm³/mol. The van der Waals surface area contributed by atoms with E-state index in [0.717, 1.165) is 40.6 Å². The Morgan fingerprint density at radius 2 is 2.00 bits per heavy atom. The monoisotopic (exact) mass is 288 g/mol. The molecule has 0 radical (unpaired) electrons. The molecule has 2 rings (SSSR count). The molecule has 1 heterocycles. The Bertz CT molecular complexity index is 565. The van der Waals surface area contributed by atoms with E-state index in [1.165, 1.54) is 11.3 Å². The third-order valence-electron chi connectivity index (χ3n) is 3.47. The summed E-state index contributed by atoms with van der Waals surface area (Å²) in [6.07, 6.45) is 1.92. The number of rotatable bonds is 6. The average Bonchev–Trinajstić information content (AvgIpc) is 2.92. The van der Waals surface area contributed by atoms with Gasteiger partial charge in [-0.05, 0) is 31.4 Å². The molecule has 1 unspecified atom stereocenters. The maximum Gasteiger partial charge on any atom is 0.190 e. The third-order valence-corrected chi connectivity index (χ3v) is 4.49. The molecule has 0 amide bonds. The number of anilines is 2. The van der Waals surface area contributed by atoms with Crippen LogP contribution in [-0.4, -0.2) is 17.8 Å². The van der Waals surface area contributed by atoms with Gasteiger partial charge in [-0.25, -0.2) is 4.98 Å². The number of para-hydroxylation sites is 1. The normalized spacial score (nSPS) is 12.2. The lowest BCUT2D eigenvalue weighted by molar-refractivity contribution is 0.112. The van der Waals surface area contributed by atoms with Gasteiger partial charge in [0.05, 0.1) is 10.6 Å². The van der Waals surface area contributed by atoms with E-state index < -0.39 is 0 Å². The smallest absolute Gasteiger partial charge is 0.190 e. The number of thiazole rings is 1. The first-order chi connectivity index (χ1) is 9.71. The summed E-state index contributed by atoms with van der Waals surface area (Å²) in [5, 5.41) is 0.899. The van der Waals surface area contributed by atoms with Crippen LogP contribution >= 0.6 is 11.3 Å². The van der Waals surface area contributed by atoms with Crippen molar-refractivity contribution in [1.29, 1.82) is 0 Å². The molecule has 4 heteroatoms. The summed E-state index contributed by atoms with van der Waals surface area (Å²) in [6, 6.07) is 10.2. The number of benzene rings is 1. The van der Waals surface area contributed by atoms with Crippen LogP contribution in [0.4, 0.5) is 10.8 Å². The number of aromatic nitrogens is 1. The molecular weight excluding hydrogens is 268 g/mol. The van der Waals surface area contributed by atoms with Crippen LogP contribution in [0.3, 0.4) is 0 Å². The van der Waals surface area contributed by atoms with E-state index in [1.807, 2.05) is 18.2 Å². The zero-order chi connectivity index (χ0) is 14.5. The Kier molecular flexibility index (Phi) is 4.90. The van der Waals surface area contributed by atoms with E-state index in [4.69, 9.17) is 4.98 Å². The van der Waals surface area contributed by atoms with Crippen LogP contribution in [0.2, 0.25) is 0 Å². The van der Waals surface area contributed by atoms with Crippen molar-refractivity contribution in [3.8, 4) is 0 Å². The third kappa shape index (κ3) is 2.90. The lowest BCUT2D eigenvalue weighted by Crippen LogP contribution is -2.15. The van der Waals surface area contributed by atoms with E-state index in [9.17, 15) is 4.79 Å². The first kappa shape index (κ1) is 14.7. The number of carbonyl (C=O) groups is 1. The van der Waals surface area contributed by atoms with Crippen LogP contribution in [0.5, 0.6) is 0 Å². The average molecular weight is 288 g/mol. The summed E-state index contributed by atoms with van der Waals surface area (Å²) in [4.78, 5) is 18.9. The summed E-state index contributed by atoms with van der Waals surface area (Å²) >= 11 is 1.48. The van der Waals surface area contributed by atoms with Gasteiger partial charge in [0.15, 0.2) is 11.4 Å². The molecule has 106 valence electrons. The molecule has 0 bridgehead atoms. The minimum absolute atomic E-state index is 0.315. The Hall–Kier alpha value is -1.68. The van der Waals surface area contributed by atoms with Gasteiger partial charge in [0.25, 0.3) is 0 Å². The fourth-order valence-corrected chi connectivity index (χ4v) is 3.20. The van der Waals surface area contributed by atoms with Crippen LogP contribution in [0.15, 0.2) is 30.3 Å². The minimum Gasteiger partial charge on any atom is -0.318 e. The van der Waals surface area contributed by atoms with Gasteiger partial charge in [0.1, 0.15) is 0 Å². The minimum atomic E-state index is 0.315. The molecule has 2 aromatic rings. The topological polar surface area (TPSA) is 33.2 Å². The molecule has 1 aromatic heterocycles.